The quantitative estimate of drug-likeness (QED) is 0.261. The van der Waals surface area contributed by atoms with E-state index in [1.807, 2.05) is 6.92 Å². The lowest BCUT2D eigenvalue weighted by Gasteiger charge is -2.13. The third kappa shape index (κ3) is 4.84. The van der Waals surface area contributed by atoms with E-state index >= 15 is 0 Å². The van der Waals surface area contributed by atoms with Gasteiger partial charge in [0.1, 0.15) is 17.3 Å². The maximum atomic E-state index is 12.4. The van der Waals surface area contributed by atoms with Crippen LogP contribution in [0.5, 0.6) is 11.6 Å². The fourth-order valence-corrected chi connectivity index (χ4v) is 2.76. The fourth-order valence-electron chi connectivity index (χ4n) is 2.76. The van der Waals surface area contributed by atoms with Gasteiger partial charge in [-0.2, -0.15) is 5.26 Å². The Bertz CT molecular complexity index is 1180. The van der Waals surface area contributed by atoms with Crippen LogP contribution in [0.25, 0.3) is 0 Å². The third-order valence-corrected chi connectivity index (χ3v) is 4.36. The lowest BCUT2D eigenvalue weighted by molar-refractivity contribution is -0.384. The molecule has 0 atom stereocenters. The zero-order valence-corrected chi connectivity index (χ0v) is 17.0. The highest BCUT2D eigenvalue weighted by molar-refractivity contribution is 5.92. The molecule has 1 amide bonds. The molecule has 1 aromatic heterocycles. The zero-order valence-electron chi connectivity index (χ0n) is 17.0. The monoisotopic (exact) mass is 428 g/mol. The summed E-state index contributed by atoms with van der Waals surface area (Å²) < 4.78 is 0.999. The summed E-state index contributed by atoms with van der Waals surface area (Å²) in [6, 6.07) is 3.66. The summed E-state index contributed by atoms with van der Waals surface area (Å²) in [4.78, 5) is 34.2. The van der Waals surface area contributed by atoms with Crippen molar-refractivity contribution < 1.29 is 19.9 Å². The largest absolute Gasteiger partial charge is 0.504 e. The number of nitro benzene ring substituents is 1. The number of amides is 1. The summed E-state index contributed by atoms with van der Waals surface area (Å²) in [6.07, 6.45) is 1.29. The first-order chi connectivity index (χ1) is 14.6. The fraction of sp³-hybridized carbons (Fsp3) is 0.316. The molecule has 31 heavy (non-hydrogen) atoms. The van der Waals surface area contributed by atoms with Crippen LogP contribution in [0.15, 0.2) is 27.2 Å². The number of unbranched alkanes of at least 4 members (excludes halogenated alkanes) is 1. The molecule has 0 aliphatic carbocycles. The van der Waals surface area contributed by atoms with Gasteiger partial charge in [-0.05, 0) is 13.3 Å². The highest BCUT2D eigenvalue weighted by Crippen LogP contribution is 2.40. The molecule has 1 heterocycles. The minimum Gasteiger partial charge on any atom is -0.504 e. The second kappa shape index (κ2) is 9.49. The van der Waals surface area contributed by atoms with Gasteiger partial charge < -0.3 is 15.5 Å². The van der Waals surface area contributed by atoms with Crippen LogP contribution >= 0.6 is 0 Å². The van der Waals surface area contributed by atoms with E-state index in [0.717, 1.165) is 30.0 Å². The van der Waals surface area contributed by atoms with Crippen LogP contribution in [0.2, 0.25) is 0 Å². The number of azo groups is 1. The normalized spacial score (nSPS) is 10.8. The topological polar surface area (TPSA) is 183 Å². The number of hydrogen-bond acceptors (Lipinski definition) is 9. The van der Waals surface area contributed by atoms with Crippen molar-refractivity contribution in [3.05, 3.63) is 43.7 Å². The number of hydrogen-bond donors (Lipinski definition) is 3. The van der Waals surface area contributed by atoms with Crippen LogP contribution in [-0.2, 0) is 11.3 Å². The number of nitrogens with zero attached hydrogens (tertiary/aromatic N) is 5. The molecular weight excluding hydrogens is 408 g/mol. The van der Waals surface area contributed by atoms with Gasteiger partial charge in [0.05, 0.1) is 10.6 Å². The van der Waals surface area contributed by atoms with Crippen LogP contribution < -0.4 is 10.9 Å². The van der Waals surface area contributed by atoms with Crippen molar-refractivity contribution in [2.45, 2.75) is 40.2 Å². The van der Waals surface area contributed by atoms with E-state index in [0.29, 0.717) is 6.42 Å². The Labute approximate surface area is 176 Å². The molecule has 0 saturated heterocycles. The first-order valence-electron chi connectivity index (χ1n) is 9.19. The van der Waals surface area contributed by atoms with E-state index in [1.54, 1.807) is 6.07 Å². The molecule has 0 aliphatic heterocycles. The van der Waals surface area contributed by atoms with Gasteiger partial charge in [-0.15, -0.1) is 10.2 Å². The minimum absolute atomic E-state index is 0.0634. The molecule has 1 aromatic carbocycles. The zero-order chi connectivity index (χ0) is 23.3. The first-order valence-corrected chi connectivity index (χ1v) is 9.19. The second-order valence-electron chi connectivity index (χ2n) is 6.59. The standard InChI is InChI=1S/C19H20N6O6/c1-4-5-6-24-18(28)13(9-20)10(2)16(19(24)29)23-22-15-8-12(25(30)31)7-14(17(15)27)21-11(3)26/h7-8,27,29H,4-6H2,1-3H3,(H,21,26)/b23-22+. The summed E-state index contributed by atoms with van der Waals surface area (Å²) in [5.41, 5.74) is -2.11. The number of phenols is 1. The van der Waals surface area contributed by atoms with E-state index in [-0.39, 0.29) is 34.7 Å². The number of carbonyl (C=O) groups is 1. The summed E-state index contributed by atoms with van der Waals surface area (Å²) in [7, 11) is 0. The van der Waals surface area contributed by atoms with Gasteiger partial charge in [-0.3, -0.25) is 24.3 Å². The van der Waals surface area contributed by atoms with Crippen molar-refractivity contribution in [2.75, 3.05) is 5.32 Å². The number of aromatic nitrogens is 1. The molecular formula is C19H20N6O6. The lowest BCUT2D eigenvalue weighted by atomic mass is 10.1. The predicted octanol–water partition coefficient (Wildman–Crippen LogP) is 3.52. The number of non-ortho nitro benzene ring substituents is 1. The molecule has 0 radical (unpaired) electrons. The van der Waals surface area contributed by atoms with Gasteiger partial charge in [0.15, 0.2) is 11.4 Å². The summed E-state index contributed by atoms with van der Waals surface area (Å²) in [6.45, 7) is 4.59. The number of anilines is 1. The molecule has 162 valence electrons. The Kier molecular flexibility index (Phi) is 7.04. The number of carbonyl (C=O) groups excluding carboxylic acids is 1. The van der Waals surface area contributed by atoms with E-state index < -0.39 is 33.7 Å². The molecule has 0 aliphatic rings. The van der Waals surface area contributed by atoms with E-state index in [9.17, 15) is 35.2 Å². The highest BCUT2D eigenvalue weighted by atomic mass is 16.6. The summed E-state index contributed by atoms with van der Waals surface area (Å²) in [5, 5.41) is 51.2. The average molecular weight is 428 g/mol. The van der Waals surface area contributed by atoms with Crippen molar-refractivity contribution in [3.8, 4) is 17.7 Å². The Morgan fingerprint density at radius 2 is 2.03 bits per heavy atom. The molecule has 12 heteroatoms. The van der Waals surface area contributed by atoms with Crippen molar-refractivity contribution in [3.63, 3.8) is 0 Å². The summed E-state index contributed by atoms with van der Waals surface area (Å²) in [5.74, 6) is -1.68. The average Bonchev–Trinajstić information content (AvgIpc) is 2.70. The maximum Gasteiger partial charge on any atom is 0.274 e. The van der Waals surface area contributed by atoms with Crippen LogP contribution in [0.4, 0.5) is 22.7 Å². The van der Waals surface area contributed by atoms with Gasteiger partial charge >= 0.3 is 0 Å². The second-order valence-corrected chi connectivity index (χ2v) is 6.59. The molecule has 0 fully saturated rings. The van der Waals surface area contributed by atoms with Crippen molar-refractivity contribution in [1.29, 1.82) is 5.26 Å². The van der Waals surface area contributed by atoms with Gasteiger partial charge in [-0.1, -0.05) is 13.3 Å². The van der Waals surface area contributed by atoms with Gasteiger partial charge in [0.25, 0.3) is 11.2 Å². The number of rotatable bonds is 7. The van der Waals surface area contributed by atoms with E-state index in [1.165, 1.54) is 6.92 Å². The molecule has 0 spiro atoms. The van der Waals surface area contributed by atoms with Crippen LogP contribution in [0.1, 0.15) is 37.8 Å². The molecule has 0 bridgehead atoms. The molecule has 0 saturated carbocycles. The Morgan fingerprint density at radius 3 is 2.58 bits per heavy atom. The van der Waals surface area contributed by atoms with E-state index in [4.69, 9.17) is 0 Å². The number of nitrogens with one attached hydrogen (secondary N) is 1. The molecule has 2 aromatic rings. The Balaban J connectivity index is 2.68. The predicted molar refractivity (Wildman–Crippen MR) is 110 cm³/mol. The molecule has 12 nitrogen and oxygen atoms in total. The molecule has 2 rings (SSSR count). The van der Waals surface area contributed by atoms with Crippen molar-refractivity contribution in [1.82, 2.24) is 4.57 Å². The Morgan fingerprint density at radius 1 is 1.35 bits per heavy atom. The number of pyridine rings is 1. The minimum atomic E-state index is -0.745. The summed E-state index contributed by atoms with van der Waals surface area (Å²) >= 11 is 0. The van der Waals surface area contributed by atoms with Gasteiger partial charge in [0, 0.05) is 31.2 Å². The van der Waals surface area contributed by atoms with Crippen molar-refractivity contribution in [2.24, 2.45) is 10.2 Å². The smallest absolute Gasteiger partial charge is 0.274 e. The van der Waals surface area contributed by atoms with Gasteiger partial charge in [0.2, 0.25) is 11.8 Å². The maximum absolute atomic E-state index is 12.4. The number of nitriles is 1. The van der Waals surface area contributed by atoms with Crippen LogP contribution in [0.3, 0.4) is 0 Å². The number of aromatic hydroxyl groups is 2. The first kappa shape index (κ1) is 23.0. The van der Waals surface area contributed by atoms with Crippen LogP contribution in [0, 0.1) is 28.4 Å². The number of nitro groups is 1. The van der Waals surface area contributed by atoms with Crippen molar-refractivity contribution >= 4 is 28.7 Å². The SMILES string of the molecule is CCCCn1c(O)c(/N=N/c2cc([N+](=O)[O-])cc(NC(C)=O)c2O)c(C)c(C#N)c1=O. The van der Waals surface area contributed by atoms with Crippen LogP contribution in [-0.4, -0.2) is 25.6 Å². The van der Waals surface area contributed by atoms with Gasteiger partial charge in [-0.25, -0.2) is 0 Å². The number of phenolic OH excluding ortho intramolecular Hbond substituents is 1. The third-order valence-electron chi connectivity index (χ3n) is 4.36. The molecule has 0 unspecified atom stereocenters. The molecule has 3 N–H and O–H groups in total. The highest BCUT2D eigenvalue weighted by Gasteiger charge is 2.20. The van der Waals surface area contributed by atoms with E-state index in [2.05, 4.69) is 15.5 Å². The Hall–Kier alpha value is -4.27. The lowest BCUT2D eigenvalue weighted by Crippen LogP contribution is -2.23. The number of benzene rings is 1.